The Morgan fingerprint density at radius 3 is 2.75 bits per heavy atom. The molecular weight excluding hydrogens is 202 g/mol. The Labute approximate surface area is 98.1 Å². The summed E-state index contributed by atoms with van der Waals surface area (Å²) in [5, 5.41) is 0. The lowest BCUT2D eigenvalue weighted by atomic mass is 9.94. The Hall–Kier alpha value is -0.870. The maximum absolute atomic E-state index is 12.2. The van der Waals surface area contributed by atoms with Gasteiger partial charge in [-0.3, -0.25) is 9.69 Å². The van der Waals surface area contributed by atoms with Gasteiger partial charge in [0.1, 0.15) is 0 Å². The average Bonchev–Trinajstić information content (AvgIpc) is 2.21. The minimum Gasteiger partial charge on any atom is -0.338 e. The maximum atomic E-state index is 12.2. The first kappa shape index (κ1) is 13.2. The molecule has 4 heteroatoms. The molecule has 1 aliphatic heterocycles. The smallest absolute Gasteiger partial charge is 0.240 e. The predicted octanol–water partition coefficient (Wildman–Crippen LogP) is 0.442. The van der Waals surface area contributed by atoms with Crippen LogP contribution in [0, 0.1) is 0 Å². The van der Waals surface area contributed by atoms with Gasteiger partial charge >= 0.3 is 0 Å². The van der Waals surface area contributed by atoms with Gasteiger partial charge in [-0.15, -0.1) is 6.58 Å². The zero-order valence-electron chi connectivity index (χ0n) is 10.6. The second kappa shape index (κ2) is 4.97. The van der Waals surface area contributed by atoms with Crippen LogP contribution in [-0.4, -0.2) is 54.0 Å². The van der Waals surface area contributed by atoms with Gasteiger partial charge in [0.15, 0.2) is 0 Å². The first-order chi connectivity index (χ1) is 7.44. The van der Waals surface area contributed by atoms with Crippen LogP contribution < -0.4 is 5.73 Å². The highest BCUT2D eigenvalue weighted by molar-refractivity contribution is 5.83. The fourth-order valence-corrected chi connectivity index (χ4v) is 2.21. The summed E-state index contributed by atoms with van der Waals surface area (Å²) in [5.74, 6) is 0.170. The van der Waals surface area contributed by atoms with E-state index in [0.717, 1.165) is 13.1 Å². The summed E-state index contributed by atoms with van der Waals surface area (Å²) in [4.78, 5) is 16.2. The molecule has 1 fully saturated rings. The van der Waals surface area contributed by atoms with Crippen molar-refractivity contribution in [1.29, 1.82) is 0 Å². The minimum atomic E-state index is -0.120. The van der Waals surface area contributed by atoms with E-state index in [2.05, 4.69) is 25.3 Å². The quantitative estimate of drug-likeness (QED) is 0.706. The highest BCUT2D eigenvalue weighted by Gasteiger charge is 2.41. The Morgan fingerprint density at radius 2 is 2.25 bits per heavy atom. The third-order valence-corrected chi connectivity index (χ3v) is 3.36. The van der Waals surface area contributed by atoms with E-state index >= 15 is 0 Å². The predicted molar refractivity (Wildman–Crippen MR) is 66.1 cm³/mol. The third-order valence-electron chi connectivity index (χ3n) is 3.36. The largest absolute Gasteiger partial charge is 0.338 e. The molecule has 1 heterocycles. The molecule has 92 valence electrons. The Bertz CT molecular complexity index is 275. The fourth-order valence-electron chi connectivity index (χ4n) is 2.21. The molecule has 1 rings (SSSR count). The zero-order valence-corrected chi connectivity index (χ0v) is 10.6. The molecule has 1 saturated heterocycles. The van der Waals surface area contributed by atoms with E-state index in [1.807, 2.05) is 18.0 Å². The standard InChI is InChI=1S/C12H23N3O/c1-5-8-15-9-12(2,3)14(4)11(16)10(15)6-7-13/h5,10H,1,6-9,13H2,2-4H3. The number of nitrogens with two attached hydrogens (primary N) is 1. The zero-order chi connectivity index (χ0) is 12.3. The van der Waals surface area contributed by atoms with E-state index in [0.29, 0.717) is 13.0 Å². The molecule has 1 atom stereocenters. The average molecular weight is 225 g/mol. The Balaban J connectivity index is 2.88. The topological polar surface area (TPSA) is 49.6 Å². The third kappa shape index (κ3) is 2.44. The summed E-state index contributed by atoms with van der Waals surface area (Å²) < 4.78 is 0. The minimum absolute atomic E-state index is 0.0824. The highest BCUT2D eigenvalue weighted by atomic mass is 16.2. The van der Waals surface area contributed by atoms with Gasteiger partial charge in [-0.2, -0.15) is 0 Å². The summed E-state index contributed by atoms with van der Waals surface area (Å²) >= 11 is 0. The van der Waals surface area contributed by atoms with Crippen molar-refractivity contribution in [2.45, 2.75) is 31.8 Å². The van der Waals surface area contributed by atoms with Crippen molar-refractivity contribution in [3.8, 4) is 0 Å². The molecule has 4 nitrogen and oxygen atoms in total. The van der Waals surface area contributed by atoms with Crippen LogP contribution in [0.1, 0.15) is 20.3 Å². The van der Waals surface area contributed by atoms with Gasteiger partial charge in [0.25, 0.3) is 0 Å². The normalized spacial score (nSPS) is 25.9. The van der Waals surface area contributed by atoms with Gasteiger partial charge in [-0.25, -0.2) is 0 Å². The summed E-state index contributed by atoms with van der Waals surface area (Å²) in [6.07, 6.45) is 2.56. The molecule has 0 bridgehead atoms. The van der Waals surface area contributed by atoms with Gasteiger partial charge < -0.3 is 10.6 Å². The monoisotopic (exact) mass is 225 g/mol. The van der Waals surface area contributed by atoms with Gasteiger partial charge in [-0.1, -0.05) is 6.08 Å². The molecule has 1 aliphatic rings. The molecule has 0 aromatic carbocycles. The molecule has 0 aromatic rings. The number of carbonyl (C=O) groups is 1. The Morgan fingerprint density at radius 1 is 1.62 bits per heavy atom. The lowest BCUT2D eigenvalue weighted by molar-refractivity contribution is -0.148. The fraction of sp³-hybridized carbons (Fsp3) is 0.750. The van der Waals surface area contributed by atoms with E-state index in [-0.39, 0.29) is 17.5 Å². The summed E-state index contributed by atoms with van der Waals surface area (Å²) in [5.41, 5.74) is 5.45. The number of likely N-dealkylation sites (N-methyl/N-ethyl adjacent to an activating group) is 1. The first-order valence-electron chi connectivity index (χ1n) is 5.76. The molecule has 0 saturated carbocycles. The van der Waals surface area contributed by atoms with Gasteiger partial charge in [0.2, 0.25) is 5.91 Å². The molecule has 1 amide bonds. The van der Waals surface area contributed by atoms with Crippen LogP contribution in [-0.2, 0) is 4.79 Å². The lowest BCUT2D eigenvalue weighted by Gasteiger charge is -2.48. The van der Waals surface area contributed by atoms with Crippen molar-refractivity contribution < 1.29 is 4.79 Å². The Kier molecular flexibility index (Phi) is 4.10. The second-order valence-corrected chi connectivity index (χ2v) is 5.02. The van der Waals surface area contributed by atoms with Crippen LogP contribution >= 0.6 is 0 Å². The number of hydrogen-bond acceptors (Lipinski definition) is 3. The molecular formula is C12H23N3O. The molecule has 1 unspecified atom stereocenters. The lowest BCUT2D eigenvalue weighted by Crippen LogP contribution is -2.65. The van der Waals surface area contributed by atoms with E-state index in [1.54, 1.807) is 0 Å². The van der Waals surface area contributed by atoms with E-state index in [9.17, 15) is 4.79 Å². The van der Waals surface area contributed by atoms with Crippen LogP contribution in [0.5, 0.6) is 0 Å². The van der Waals surface area contributed by atoms with E-state index in [4.69, 9.17) is 5.73 Å². The number of amides is 1. The molecule has 0 radical (unpaired) electrons. The van der Waals surface area contributed by atoms with Crippen molar-refractivity contribution >= 4 is 5.91 Å². The molecule has 16 heavy (non-hydrogen) atoms. The molecule has 2 N–H and O–H groups in total. The number of hydrogen-bond donors (Lipinski definition) is 1. The van der Waals surface area contributed by atoms with Gasteiger partial charge in [0.05, 0.1) is 6.04 Å². The van der Waals surface area contributed by atoms with Crippen molar-refractivity contribution in [2.24, 2.45) is 5.73 Å². The van der Waals surface area contributed by atoms with Crippen LogP contribution in [0.2, 0.25) is 0 Å². The molecule has 0 aliphatic carbocycles. The van der Waals surface area contributed by atoms with Gasteiger partial charge in [-0.05, 0) is 26.8 Å². The second-order valence-electron chi connectivity index (χ2n) is 5.02. The van der Waals surface area contributed by atoms with Crippen molar-refractivity contribution in [3.63, 3.8) is 0 Å². The van der Waals surface area contributed by atoms with Crippen LogP contribution in [0.4, 0.5) is 0 Å². The summed E-state index contributed by atoms with van der Waals surface area (Å²) in [6.45, 7) is 10.1. The highest BCUT2D eigenvalue weighted by Crippen LogP contribution is 2.24. The SMILES string of the molecule is C=CCN1CC(C)(C)N(C)C(=O)C1CCN. The van der Waals surface area contributed by atoms with E-state index in [1.165, 1.54) is 0 Å². The number of rotatable bonds is 4. The van der Waals surface area contributed by atoms with Crippen molar-refractivity contribution in [1.82, 2.24) is 9.80 Å². The van der Waals surface area contributed by atoms with Crippen molar-refractivity contribution in [2.75, 3.05) is 26.7 Å². The van der Waals surface area contributed by atoms with E-state index < -0.39 is 0 Å². The van der Waals surface area contributed by atoms with Crippen LogP contribution in [0.25, 0.3) is 0 Å². The number of carbonyl (C=O) groups excluding carboxylic acids is 1. The van der Waals surface area contributed by atoms with Crippen molar-refractivity contribution in [3.05, 3.63) is 12.7 Å². The molecule has 0 aromatic heterocycles. The number of piperazine rings is 1. The maximum Gasteiger partial charge on any atom is 0.240 e. The summed E-state index contributed by atoms with van der Waals surface area (Å²) in [6, 6.07) is -0.0824. The first-order valence-corrected chi connectivity index (χ1v) is 5.76. The summed E-state index contributed by atoms with van der Waals surface area (Å²) in [7, 11) is 1.87. The molecule has 0 spiro atoms. The van der Waals surface area contributed by atoms with Crippen LogP contribution in [0.3, 0.4) is 0 Å². The van der Waals surface area contributed by atoms with Crippen LogP contribution in [0.15, 0.2) is 12.7 Å². The van der Waals surface area contributed by atoms with Gasteiger partial charge in [0, 0.05) is 25.7 Å². The number of nitrogens with zero attached hydrogens (tertiary/aromatic N) is 2.